The molecule has 0 bridgehead atoms. The predicted octanol–water partition coefficient (Wildman–Crippen LogP) is 3.16. The van der Waals surface area contributed by atoms with E-state index in [1.54, 1.807) is 7.05 Å². The van der Waals surface area contributed by atoms with Crippen LogP contribution in [0.25, 0.3) is 0 Å². The molecule has 0 saturated heterocycles. The average Bonchev–Trinajstić information content (AvgIpc) is 2.56. The van der Waals surface area contributed by atoms with Gasteiger partial charge >= 0.3 is 0 Å². The van der Waals surface area contributed by atoms with Gasteiger partial charge in [-0.1, -0.05) is 41.9 Å². The second-order valence-electron chi connectivity index (χ2n) is 5.25. The van der Waals surface area contributed by atoms with Gasteiger partial charge in [0.2, 0.25) is 5.91 Å². The highest BCUT2D eigenvalue weighted by Crippen LogP contribution is 2.14. The number of amides is 1. The van der Waals surface area contributed by atoms with Crippen LogP contribution in [0.5, 0.6) is 0 Å². The molecule has 2 aromatic carbocycles. The molecule has 126 valence electrons. The second kappa shape index (κ2) is 8.93. The molecule has 0 aliphatic heterocycles. The van der Waals surface area contributed by atoms with E-state index in [0.29, 0.717) is 19.0 Å². The Hall–Kier alpha value is -2.53. The summed E-state index contributed by atoms with van der Waals surface area (Å²) in [7, 11) is 1.72. The normalized spacial score (nSPS) is 11.0. The molecule has 3 N–H and O–H groups in total. The number of rotatable bonds is 5. The number of carbonyl (C=O) groups is 1. The molecule has 0 saturated carbocycles. The zero-order chi connectivity index (χ0) is 17.4. The molecule has 24 heavy (non-hydrogen) atoms. The molecule has 2 aromatic rings. The Morgan fingerprint density at radius 2 is 1.83 bits per heavy atom. The minimum Gasteiger partial charge on any atom is -0.352 e. The fourth-order valence-corrected chi connectivity index (χ4v) is 2.39. The van der Waals surface area contributed by atoms with Crippen molar-refractivity contribution in [3.05, 3.63) is 64.7 Å². The maximum Gasteiger partial charge on any atom is 0.221 e. The van der Waals surface area contributed by atoms with Crippen molar-refractivity contribution < 1.29 is 4.79 Å². The van der Waals surface area contributed by atoms with Crippen LogP contribution in [-0.2, 0) is 17.9 Å². The molecule has 0 aliphatic rings. The van der Waals surface area contributed by atoms with E-state index in [1.807, 2.05) is 48.5 Å². The van der Waals surface area contributed by atoms with Crippen molar-refractivity contribution in [2.75, 3.05) is 12.4 Å². The quantitative estimate of drug-likeness (QED) is 0.576. The largest absolute Gasteiger partial charge is 0.352 e. The summed E-state index contributed by atoms with van der Waals surface area (Å²) in [5, 5.41) is 9.97. The first-order chi connectivity index (χ1) is 11.6. The summed E-state index contributed by atoms with van der Waals surface area (Å²) in [6.45, 7) is 2.67. The minimum atomic E-state index is -0.0858. The van der Waals surface area contributed by atoms with Crippen LogP contribution in [0.3, 0.4) is 0 Å². The Morgan fingerprint density at radius 1 is 1.08 bits per heavy atom. The maximum absolute atomic E-state index is 11.1. The van der Waals surface area contributed by atoms with E-state index in [9.17, 15) is 4.79 Å². The molecular weight excluding hydrogens is 324 g/mol. The van der Waals surface area contributed by atoms with E-state index in [1.165, 1.54) is 6.92 Å². The van der Waals surface area contributed by atoms with Gasteiger partial charge in [-0.2, -0.15) is 0 Å². The number of guanidine groups is 1. The molecule has 0 spiro atoms. The Labute approximate surface area is 147 Å². The molecule has 0 radical (unpaired) electrons. The topological polar surface area (TPSA) is 65.5 Å². The first-order valence-corrected chi connectivity index (χ1v) is 8.00. The van der Waals surface area contributed by atoms with Crippen LogP contribution in [0, 0.1) is 0 Å². The van der Waals surface area contributed by atoms with Crippen LogP contribution >= 0.6 is 11.6 Å². The Balaban J connectivity index is 1.90. The van der Waals surface area contributed by atoms with Crippen molar-refractivity contribution in [3.8, 4) is 0 Å². The number of aliphatic imine (C=N–C) groups is 1. The van der Waals surface area contributed by atoms with Crippen molar-refractivity contribution in [2.24, 2.45) is 4.99 Å². The first kappa shape index (κ1) is 17.8. The summed E-state index contributed by atoms with van der Waals surface area (Å²) >= 11 is 6.15. The number of hydrogen-bond acceptors (Lipinski definition) is 2. The van der Waals surface area contributed by atoms with Crippen LogP contribution in [0.4, 0.5) is 5.69 Å². The number of anilines is 1. The smallest absolute Gasteiger partial charge is 0.221 e. The van der Waals surface area contributed by atoms with Crippen LogP contribution in [-0.4, -0.2) is 18.9 Å². The minimum absolute atomic E-state index is 0.0858. The third kappa shape index (κ3) is 5.59. The lowest BCUT2D eigenvalue weighted by Crippen LogP contribution is -2.36. The van der Waals surface area contributed by atoms with Gasteiger partial charge in [0, 0.05) is 37.8 Å². The van der Waals surface area contributed by atoms with E-state index in [2.05, 4.69) is 20.9 Å². The first-order valence-electron chi connectivity index (χ1n) is 7.63. The fourth-order valence-electron chi connectivity index (χ4n) is 2.19. The summed E-state index contributed by atoms with van der Waals surface area (Å²) < 4.78 is 0. The zero-order valence-corrected chi connectivity index (χ0v) is 14.5. The number of benzene rings is 2. The van der Waals surface area contributed by atoms with E-state index in [4.69, 9.17) is 11.6 Å². The maximum atomic E-state index is 11.1. The zero-order valence-electron chi connectivity index (χ0n) is 13.8. The summed E-state index contributed by atoms with van der Waals surface area (Å²) in [6.07, 6.45) is 0. The van der Waals surface area contributed by atoms with Crippen molar-refractivity contribution >= 4 is 29.2 Å². The number of nitrogens with one attached hydrogen (secondary N) is 3. The summed E-state index contributed by atoms with van der Waals surface area (Å²) in [6, 6.07) is 15.4. The molecule has 1 amide bonds. The van der Waals surface area contributed by atoms with Crippen molar-refractivity contribution in [1.82, 2.24) is 10.6 Å². The third-order valence-electron chi connectivity index (χ3n) is 3.34. The van der Waals surface area contributed by atoms with Crippen LogP contribution in [0.1, 0.15) is 18.1 Å². The molecule has 5 nitrogen and oxygen atoms in total. The van der Waals surface area contributed by atoms with E-state index < -0.39 is 0 Å². The molecule has 6 heteroatoms. The lowest BCUT2D eigenvalue weighted by atomic mass is 10.2. The van der Waals surface area contributed by atoms with Crippen molar-refractivity contribution in [3.63, 3.8) is 0 Å². The highest BCUT2D eigenvalue weighted by atomic mass is 35.5. The highest BCUT2D eigenvalue weighted by molar-refractivity contribution is 6.31. The van der Waals surface area contributed by atoms with Crippen LogP contribution < -0.4 is 16.0 Å². The Bertz CT molecular complexity index is 730. The summed E-state index contributed by atoms with van der Waals surface area (Å²) in [5.74, 6) is 0.595. The molecule has 0 heterocycles. The Morgan fingerprint density at radius 3 is 2.54 bits per heavy atom. The predicted molar refractivity (Wildman–Crippen MR) is 99.2 cm³/mol. The number of halogens is 1. The van der Waals surface area contributed by atoms with Gasteiger partial charge in [-0.05, 0) is 29.3 Å². The van der Waals surface area contributed by atoms with Gasteiger partial charge in [0.1, 0.15) is 0 Å². The Kier molecular flexibility index (Phi) is 6.63. The number of hydrogen-bond donors (Lipinski definition) is 3. The molecule has 2 rings (SSSR count). The average molecular weight is 345 g/mol. The third-order valence-corrected chi connectivity index (χ3v) is 3.70. The molecule has 0 fully saturated rings. The van der Waals surface area contributed by atoms with Gasteiger partial charge in [-0.3, -0.25) is 9.79 Å². The molecule has 0 aromatic heterocycles. The second-order valence-corrected chi connectivity index (χ2v) is 5.66. The van der Waals surface area contributed by atoms with E-state index in [0.717, 1.165) is 21.8 Å². The highest BCUT2D eigenvalue weighted by Gasteiger charge is 2.03. The SMILES string of the molecule is CN=C(NCc1cccc(NC(C)=O)c1)NCc1ccccc1Cl. The van der Waals surface area contributed by atoms with Crippen LogP contribution in [0.2, 0.25) is 5.02 Å². The van der Waals surface area contributed by atoms with Crippen LogP contribution in [0.15, 0.2) is 53.5 Å². The molecule has 0 unspecified atom stereocenters. The molecule has 0 atom stereocenters. The van der Waals surface area contributed by atoms with E-state index in [-0.39, 0.29) is 5.91 Å². The molecular formula is C18H21ClN4O. The van der Waals surface area contributed by atoms with Gasteiger partial charge < -0.3 is 16.0 Å². The lowest BCUT2D eigenvalue weighted by Gasteiger charge is -2.13. The van der Waals surface area contributed by atoms with Gasteiger partial charge in [-0.25, -0.2) is 0 Å². The van der Waals surface area contributed by atoms with Gasteiger partial charge in [-0.15, -0.1) is 0 Å². The standard InChI is InChI=1S/C18H21ClN4O/c1-13(24)23-16-8-5-6-14(10-16)11-21-18(20-2)22-12-15-7-3-4-9-17(15)19/h3-10H,11-12H2,1-2H3,(H,23,24)(H2,20,21,22). The number of carbonyl (C=O) groups excluding carboxylic acids is 1. The van der Waals surface area contributed by atoms with Gasteiger partial charge in [0.05, 0.1) is 0 Å². The van der Waals surface area contributed by atoms with Gasteiger partial charge in [0.15, 0.2) is 5.96 Å². The van der Waals surface area contributed by atoms with Gasteiger partial charge in [0.25, 0.3) is 0 Å². The lowest BCUT2D eigenvalue weighted by molar-refractivity contribution is -0.114. The fraction of sp³-hybridized carbons (Fsp3) is 0.222. The summed E-state index contributed by atoms with van der Waals surface area (Å²) in [4.78, 5) is 15.3. The van der Waals surface area contributed by atoms with Crippen molar-refractivity contribution in [1.29, 1.82) is 0 Å². The number of nitrogens with zero attached hydrogens (tertiary/aromatic N) is 1. The molecule has 0 aliphatic carbocycles. The van der Waals surface area contributed by atoms with Crippen molar-refractivity contribution in [2.45, 2.75) is 20.0 Å². The van der Waals surface area contributed by atoms with E-state index >= 15 is 0 Å². The monoisotopic (exact) mass is 344 g/mol. The summed E-state index contributed by atoms with van der Waals surface area (Å²) in [5.41, 5.74) is 2.83.